The molecule has 0 saturated carbocycles. The Hall–Kier alpha value is -2.97. The summed E-state index contributed by atoms with van der Waals surface area (Å²) in [6.07, 6.45) is 1.40. The Balaban J connectivity index is 1.66. The maximum absolute atomic E-state index is 12.5. The Bertz CT molecular complexity index is 1160. The van der Waals surface area contributed by atoms with E-state index in [1.54, 1.807) is 36.4 Å². The van der Waals surface area contributed by atoms with Gasteiger partial charge in [0.15, 0.2) is 12.4 Å². The van der Waals surface area contributed by atoms with Crippen molar-refractivity contribution in [1.82, 2.24) is 5.43 Å². The van der Waals surface area contributed by atoms with Gasteiger partial charge in [0.2, 0.25) is 0 Å². The fourth-order valence-electron chi connectivity index (χ4n) is 2.67. The van der Waals surface area contributed by atoms with Gasteiger partial charge in [-0.05, 0) is 77.3 Å². The van der Waals surface area contributed by atoms with Crippen LogP contribution in [0, 0.1) is 13.8 Å². The largest absolute Gasteiger partial charge is 0.484 e. The van der Waals surface area contributed by atoms with Gasteiger partial charge in [-0.3, -0.25) is 4.79 Å². The van der Waals surface area contributed by atoms with Crippen molar-refractivity contribution in [2.75, 3.05) is 6.61 Å². The molecule has 0 aliphatic carbocycles. The first-order valence-electron chi connectivity index (χ1n) is 9.61. The number of esters is 1. The minimum absolute atomic E-state index is 0.183. The highest BCUT2D eigenvalue weighted by molar-refractivity contribution is 9.11. The van der Waals surface area contributed by atoms with Gasteiger partial charge < -0.3 is 9.47 Å². The molecule has 0 radical (unpaired) electrons. The van der Waals surface area contributed by atoms with E-state index in [-0.39, 0.29) is 12.4 Å². The average molecular weight is 560 g/mol. The summed E-state index contributed by atoms with van der Waals surface area (Å²) in [6, 6.07) is 17.7. The SMILES string of the molecule is Cc1ccc(OCC(=O)N/N=C\c2cc(Br)cc(Br)c2OC(=O)c2ccccc2)cc1C. The number of hydrogen-bond donors (Lipinski definition) is 1. The maximum Gasteiger partial charge on any atom is 0.343 e. The van der Waals surface area contributed by atoms with E-state index >= 15 is 0 Å². The van der Waals surface area contributed by atoms with Crippen LogP contribution in [0.1, 0.15) is 27.0 Å². The van der Waals surface area contributed by atoms with E-state index in [9.17, 15) is 9.59 Å². The molecule has 0 aliphatic rings. The van der Waals surface area contributed by atoms with Crippen LogP contribution in [-0.4, -0.2) is 24.7 Å². The Morgan fingerprint density at radius 1 is 1.00 bits per heavy atom. The molecule has 3 aromatic rings. The first kappa shape index (κ1) is 23.7. The smallest absolute Gasteiger partial charge is 0.343 e. The number of ether oxygens (including phenoxy) is 2. The number of rotatable bonds is 7. The van der Waals surface area contributed by atoms with Crippen LogP contribution in [-0.2, 0) is 4.79 Å². The summed E-state index contributed by atoms with van der Waals surface area (Å²) in [5, 5.41) is 3.97. The highest BCUT2D eigenvalue weighted by atomic mass is 79.9. The predicted octanol–water partition coefficient (Wildman–Crippen LogP) is 5.58. The van der Waals surface area contributed by atoms with Crippen molar-refractivity contribution >= 4 is 50.0 Å². The first-order chi connectivity index (χ1) is 15.3. The maximum atomic E-state index is 12.5. The van der Waals surface area contributed by atoms with E-state index in [0.29, 0.717) is 21.3 Å². The molecule has 0 aromatic heterocycles. The van der Waals surface area contributed by atoms with Gasteiger partial charge in [-0.25, -0.2) is 10.2 Å². The third-order valence-electron chi connectivity index (χ3n) is 4.48. The molecule has 0 aliphatic heterocycles. The summed E-state index contributed by atoms with van der Waals surface area (Å²) in [4.78, 5) is 24.6. The summed E-state index contributed by atoms with van der Waals surface area (Å²) in [6.45, 7) is 3.80. The molecule has 0 heterocycles. The highest BCUT2D eigenvalue weighted by Crippen LogP contribution is 2.32. The van der Waals surface area contributed by atoms with Gasteiger partial charge in [-0.1, -0.05) is 40.2 Å². The normalized spacial score (nSPS) is 10.8. The number of carbonyl (C=O) groups excluding carboxylic acids is 2. The van der Waals surface area contributed by atoms with Gasteiger partial charge in [0, 0.05) is 10.0 Å². The Morgan fingerprint density at radius 3 is 2.47 bits per heavy atom. The minimum Gasteiger partial charge on any atom is -0.484 e. The van der Waals surface area contributed by atoms with Crippen LogP contribution in [0.3, 0.4) is 0 Å². The van der Waals surface area contributed by atoms with Gasteiger partial charge in [0.05, 0.1) is 16.3 Å². The van der Waals surface area contributed by atoms with Crippen molar-refractivity contribution in [2.24, 2.45) is 5.10 Å². The van der Waals surface area contributed by atoms with Gasteiger partial charge in [0.25, 0.3) is 5.91 Å². The molecular weight excluding hydrogens is 540 g/mol. The third kappa shape index (κ3) is 6.51. The number of aryl methyl sites for hydroxylation is 2. The lowest BCUT2D eigenvalue weighted by Crippen LogP contribution is -2.24. The summed E-state index contributed by atoms with van der Waals surface area (Å²) >= 11 is 6.81. The topological polar surface area (TPSA) is 77.0 Å². The van der Waals surface area contributed by atoms with Crippen LogP contribution < -0.4 is 14.9 Å². The second-order valence-electron chi connectivity index (χ2n) is 6.89. The highest BCUT2D eigenvalue weighted by Gasteiger charge is 2.15. The Morgan fingerprint density at radius 2 is 1.75 bits per heavy atom. The quantitative estimate of drug-likeness (QED) is 0.177. The molecule has 164 valence electrons. The number of halogens is 2. The van der Waals surface area contributed by atoms with Crippen LogP contribution in [0.15, 0.2) is 74.7 Å². The molecule has 1 amide bonds. The van der Waals surface area contributed by atoms with Crippen molar-refractivity contribution < 1.29 is 19.1 Å². The van der Waals surface area contributed by atoms with E-state index in [4.69, 9.17) is 9.47 Å². The number of nitrogens with one attached hydrogen (secondary N) is 1. The third-order valence-corrected chi connectivity index (χ3v) is 5.53. The van der Waals surface area contributed by atoms with Crippen LogP contribution >= 0.6 is 31.9 Å². The molecular formula is C24H20Br2N2O4. The van der Waals surface area contributed by atoms with E-state index in [0.717, 1.165) is 15.6 Å². The number of benzene rings is 3. The summed E-state index contributed by atoms with van der Waals surface area (Å²) < 4.78 is 12.4. The molecule has 8 heteroatoms. The van der Waals surface area contributed by atoms with Gasteiger partial charge in [-0.2, -0.15) is 5.10 Å². The number of hydrogen-bond acceptors (Lipinski definition) is 5. The standard InChI is InChI=1S/C24H20Br2N2O4/c1-15-8-9-20(10-16(15)2)31-14-22(29)28-27-13-18-11-19(25)12-21(26)23(18)32-24(30)17-6-4-3-5-7-17/h3-13H,14H2,1-2H3,(H,28,29)/b27-13-. The fourth-order valence-corrected chi connectivity index (χ4v) is 4.01. The molecule has 1 N–H and O–H groups in total. The second-order valence-corrected chi connectivity index (χ2v) is 8.66. The molecule has 6 nitrogen and oxygen atoms in total. The lowest BCUT2D eigenvalue weighted by molar-refractivity contribution is -0.123. The van der Waals surface area contributed by atoms with E-state index in [1.807, 2.05) is 38.1 Å². The fraction of sp³-hybridized carbons (Fsp3) is 0.125. The van der Waals surface area contributed by atoms with Crippen molar-refractivity contribution in [3.63, 3.8) is 0 Å². The molecule has 0 fully saturated rings. The zero-order chi connectivity index (χ0) is 23.1. The summed E-state index contributed by atoms with van der Waals surface area (Å²) in [5.74, 6) is -0.0323. The number of hydrazone groups is 1. The van der Waals surface area contributed by atoms with Crippen molar-refractivity contribution in [3.8, 4) is 11.5 Å². The Kier molecular flexibility index (Phi) is 8.19. The molecule has 32 heavy (non-hydrogen) atoms. The molecule has 3 aromatic carbocycles. The van der Waals surface area contributed by atoms with E-state index < -0.39 is 11.9 Å². The van der Waals surface area contributed by atoms with Crippen LogP contribution in [0.4, 0.5) is 0 Å². The van der Waals surface area contributed by atoms with Crippen LogP contribution in [0.2, 0.25) is 0 Å². The monoisotopic (exact) mass is 558 g/mol. The lowest BCUT2D eigenvalue weighted by Gasteiger charge is -2.10. The van der Waals surface area contributed by atoms with Crippen LogP contribution in [0.25, 0.3) is 0 Å². The number of amides is 1. The lowest BCUT2D eigenvalue weighted by atomic mass is 10.1. The Labute approximate surface area is 202 Å². The molecule has 0 saturated heterocycles. The molecule has 0 bridgehead atoms. The predicted molar refractivity (Wildman–Crippen MR) is 130 cm³/mol. The van der Waals surface area contributed by atoms with Crippen LogP contribution in [0.5, 0.6) is 11.5 Å². The summed E-state index contributed by atoms with van der Waals surface area (Å²) in [5.41, 5.74) is 5.55. The number of nitrogens with zero attached hydrogens (tertiary/aromatic N) is 1. The van der Waals surface area contributed by atoms with E-state index in [2.05, 4.69) is 42.4 Å². The van der Waals surface area contributed by atoms with Gasteiger partial charge in [-0.15, -0.1) is 0 Å². The zero-order valence-electron chi connectivity index (χ0n) is 17.4. The molecule has 0 unspecified atom stereocenters. The van der Waals surface area contributed by atoms with Gasteiger partial charge >= 0.3 is 5.97 Å². The van der Waals surface area contributed by atoms with E-state index in [1.165, 1.54) is 6.21 Å². The van der Waals surface area contributed by atoms with Crippen molar-refractivity contribution in [3.05, 3.63) is 91.9 Å². The molecule has 0 atom stereocenters. The van der Waals surface area contributed by atoms with Crippen molar-refractivity contribution in [1.29, 1.82) is 0 Å². The molecule has 3 rings (SSSR count). The zero-order valence-corrected chi connectivity index (χ0v) is 20.6. The van der Waals surface area contributed by atoms with Crippen molar-refractivity contribution in [2.45, 2.75) is 13.8 Å². The average Bonchev–Trinajstić information content (AvgIpc) is 2.77. The summed E-state index contributed by atoms with van der Waals surface area (Å²) in [7, 11) is 0. The van der Waals surface area contributed by atoms with Gasteiger partial charge in [0.1, 0.15) is 5.75 Å². The molecule has 0 spiro atoms. The minimum atomic E-state index is -0.505. The second kappa shape index (κ2) is 11.1. The number of carbonyl (C=O) groups is 2. The first-order valence-corrected chi connectivity index (χ1v) is 11.2.